The van der Waals surface area contributed by atoms with Gasteiger partial charge >= 0.3 is 0 Å². The predicted molar refractivity (Wildman–Crippen MR) is 102 cm³/mol. The van der Waals surface area contributed by atoms with Crippen molar-refractivity contribution in [3.8, 4) is 5.75 Å². The highest BCUT2D eigenvalue weighted by Crippen LogP contribution is 2.23. The number of aliphatic imine (C=N–C) groups is 1. The molecule has 1 heterocycles. The number of guanidine groups is 1. The minimum atomic E-state index is -1.09. The Labute approximate surface area is 161 Å². The Bertz CT molecular complexity index is 868. The number of nitrogens with one attached hydrogen (secondary N) is 2. The zero-order chi connectivity index (χ0) is 19.9. The molecule has 1 atom stereocenters. The molecule has 1 aliphatic heterocycles. The number of carbonyl (C=O) groups excluding carboxylic acids is 1. The molecule has 0 radical (unpaired) electrons. The van der Waals surface area contributed by atoms with Gasteiger partial charge < -0.3 is 14.8 Å². The molecule has 148 valence electrons. The maximum atomic E-state index is 13.4. The maximum Gasteiger partial charge on any atom is 0.258 e. The predicted octanol–water partition coefficient (Wildman–Crippen LogP) is 3.35. The van der Waals surface area contributed by atoms with Crippen LogP contribution in [0.4, 0.5) is 14.5 Å². The molecule has 0 saturated carbocycles. The normalized spacial score (nSPS) is 16.7. The summed E-state index contributed by atoms with van der Waals surface area (Å²) in [5.41, 5.74) is 0.576. The fourth-order valence-electron chi connectivity index (χ4n) is 2.78. The second-order valence-corrected chi connectivity index (χ2v) is 6.23. The Morgan fingerprint density at radius 3 is 2.79 bits per heavy atom. The molecule has 0 bridgehead atoms. The number of methoxy groups -OCH3 is 1. The summed E-state index contributed by atoms with van der Waals surface area (Å²) < 4.78 is 37.4. The number of hydrogen-bond acceptors (Lipinski definition) is 4. The first-order valence-electron chi connectivity index (χ1n) is 8.89. The van der Waals surface area contributed by atoms with Gasteiger partial charge in [0.25, 0.3) is 5.91 Å². The number of ether oxygens (including phenoxy) is 2. The second kappa shape index (κ2) is 9.27. The van der Waals surface area contributed by atoms with Gasteiger partial charge in [0, 0.05) is 12.2 Å². The van der Waals surface area contributed by atoms with Gasteiger partial charge in [-0.05, 0) is 43.2 Å². The lowest BCUT2D eigenvalue weighted by atomic mass is 10.2. The molecule has 8 heteroatoms. The van der Waals surface area contributed by atoms with E-state index in [9.17, 15) is 13.6 Å². The average Bonchev–Trinajstić information content (AvgIpc) is 3.22. The maximum absolute atomic E-state index is 13.4. The van der Waals surface area contributed by atoms with Crippen LogP contribution in [0.25, 0.3) is 0 Å². The number of hydrogen-bond donors (Lipinski definition) is 2. The first-order valence-corrected chi connectivity index (χ1v) is 8.89. The molecule has 2 aromatic carbocycles. The molecule has 1 amide bonds. The summed E-state index contributed by atoms with van der Waals surface area (Å²) in [5, 5.41) is 5.62. The third kappa shape index (κ3) is 5.04. The van der Waals surface area contributed by atoms with Crippen molar-refractivity contribution in [2.75, 3.05) is 25.6 Å². The van der Waals surface area contributed by atoms with Gasteiger partial charge in [0.2, 0.25) is 5.96 Å². The Kier molecular flexibility index (Phi) is 6.54. The van der Waals surface area contributed by atoms with Crippen LogP contribution < -0.4 is 15.4 Å². The largest absolute Gasteiger partial charge is 0.495 e. The van der Waals surface area contributed by atoms with Crippen molar-refractivity contribution >= 4 is 17.6 Å². The van der Waals surface area contributed by atoms with E-state index in [1.54, 1.807) is 18.2 Å². The van der Waals surface area contributed by atoms with E-state index < -0.39 is 17.5 Å². The quantitative estimate of drug-likeness (QED) is 0.608. The summed E-state index contributed by atoms with van der Waals surface area (Å²) in [6.07, 6.45) is 1.84. The average molecular weight is 389 g/mol. The van der Waals surface area contributed by atoms with Crippen molar-refractivity contribution < 1.29 is 23.0 Å². The number of rotatable bonds is 5. The van der Waals surface area contributed by atoms with E-state index in [1.165, 1.54) is 13.2 Å². The van der Waals surface area contributed by atoms with Crippen LogP contribution in [-0.2, 0) is 4.74 Å². The van der Waals surface area contributed by atoms with E-state index in [2.05, 4.69) is 15.6 Å². The summed E-state index contributed by atoms with van der Waals surface area (Å²) in [6.45, 7) is 1.05. The molecule has 1 unspecified atom stereocenters. The Morgan fingerprint density at radius 1 is 1.25 bits per heavy atom. The van der Waals surface area contributed by atoms with Gasteiger partial charge in [-0.15, -0.1) is 0 Å². The Hall–Kier alpha value is -3.00. The van der Waals surface area contributed by atoms with Crippen LogP contribution >= 0.6 is 0 Å². The van der Waals surface area contributed by atoms with Crippen molar-refractivity contribution in [3.63, 3.8) is 0 Å². The molecule has 1 aliphatic rings. The van der Waals surface area contributed by atoms with Crippen LogP contribution in [0.1, 0.15) is 23.2 Å². The Morgan fingerprint density at radius 2 is 2.07 bits per heavy atom. The SMILES string of the molecule is COc1ccccc1NC(=NCC1CCCO1)NC(=O)c1ccc(F)c(F)c1. The zero-order valence-electron chi connectivity index (χ0n) is 15.4. The van der Waals surface area contributed by atoms with Crippen molar-refractivity contribution in [2.45, 2.75) is 18.9 Å². The summed E-state index contributed by atoms with van der Waals surface area (Å²) in [4.78, 5) is 16.9. The highest BCUT2D eigenvalue weighted by molar-refractivity contribution is 6.10. The van der Waals surface area contributed by atoms with E-state index in [0.717, 1.165) is 25.0 Å². The minimum Gasteiger partial charge on any atom is -0.495 e. The smallest absolute Gasteiger partial charge is 0.258 e. The number of halogens is 2. The number of carbonyl (C=O) groups is 1. The molecule has 1 fully saturated rings. The molecule has 0 aliphatic carbocycles. The van der Waals surface area contributed by atoms with Gasteiger partial charge in [-0.1, -0.05) is 12.1 Å². The summed E-state index contributed by atoms with van der Waals surface area (Å²) in [7, 11) is 1.53. The van der Waals surface area contributed by atoms with E-state index in [-0.39, 0.29) is 17.6 Å². The van der Waals surface area contributed by atoms with Crippen molar-refractivity contribution in [2.24, 2.45) is 4.99 Å². The van der Waals surface area contributed by atoms with Crippen LogP contribution in [-0.4, -0.2) is 38.2 Å². The van der Waals surface area contributed by atoms with E-state index in [1.807, 2.05) is 6.07 Å². The van der Waals surface area contributed by atoms with E-state index >= 15 is 0 Å². The number of nitrogens with zero attached hydrogens (tertiary/aromatic N) is 1. The van der Waals surface area contributed by atoms with Crippen LogP contribution in [0.5, 0.6) is 5.75 Å². The van der Waals surface area contributed by atoms with Crippen molar-refractivity contribution in [1.29, 1.82) is 0 Å². The lowest BCUT2D eigenvalue weighted by molar-refractivity contribution is 0.0975. The number of amides is 1. The minimum absolute atomic E-state index is 0.0189. The number of para-hydroxylation sites is 2. The highest BCUT2D eigenvalue weighted by Gasteiger charge is 2.17. The molecular formula is C20H21F2N3O3. The van der Waals surface area contributed by atoms with Crippen LogP contribution in [0.15, 0.2) is 47.5 Å². The van der Waals surface area contributed by atoms with Crippen LogP contribution in [0, 0.1) is 11.6 Å². The topological polar surface area (TPSA) is 71.9 Å². The molecule has 2 N–H and O–H groups in total. The van der Waals surface area contributed by atoms with Gasteiger partial charge in [-0.25, -0.2) is 13.8 Å². The standard InChI is InChI=1S/C20H21F2N3O3/c1-27-18-7-3-2-6-17(18)24-20(23-12-14-5-4-10-28-14)25-19(26)13-8-9-15(21)16(22)11-13/h2-3,6-9,11,14H,4-5,10,12H2,1H3,(H2,23,24,25,26). The summed E-state index contributed by atoms with van der Waals surface area (Å²) in [5.74, 6) is -2.00. The lowest BCUT2D eigenvalue weighted by Crippen LogP contribution is -2.37. The van der Waals surface area contributed by atoms with Gasteiger partial charge in [0.15, 0.2) is 11.6 Å². The molecule has 1 saturated heterocycles. The van der Waals surface area contributed by atoms with Gasteiger partial charge in [-0.3, -0.25) is 10.1 Å². The fraction of sp³-hybridized carbons (Fsp3) is 0.300. The van der Waals surface area contributed by atoms with Gasteiger partial charge in [-0.2, -0.15) is 0 Å². The molecule has 3 rings (SSSR count). The van der Waals surface area contributed by atoms with Gasteiger partial charge in [0.1, 0.15) is 5.75 Å². The monoisotopic (exact) mass is 389 g/mol. The summed E-state index contributed by atoms with van der Waals surface area (Å²) in [6, 6.07) is 10.1. The van der Waals surface area contributed by atoms with Crippen LogP contribution in [0.3, 0.4) is 0 Å². The molecule has 0 aromatic heterocycles. The molecule has 6 nitrogen and oxygen atoms in total. The highest BCUT2D eigenvalue weighted by atomic mass is 19.2. The molecule has 0 spiro atoms. The first-order chi connectivity index (χ1) is 13.6. The van der Waals surface area contributed by atoms with Gasteiger partial charge in [0.05, 0.1) is 25.4 Å². The zero-order valence-corrected chi connectivity index (χ0v) is 15.4. The third-order valence-corrected chi connectivity index (χ3v) is 4.25. The Balaban J connectivity index is 1.79. The van der Waals surface area contributed by atoms with Crippen molar-refractivity contribution in [1.82, 2.24) is 5.32 Å². The third-order valence-electron chi connectivity index (χ3n) is 4.25. The molecule has 28 heavy (non-hydrogen) atoms. The number of benzene rings is 2. The second-order valence-electron chi connectivity index (χ2n) is 6.23. The lowest BCUT2D eigenvalue weighted by Gasteiger charge is -2.15. The first kappa shape index (κ1) is 19.8. The number of anilines is 1. The molecule has 2 aromatic rings. The summed E-state index contributed by atoms with van der Waals surface area (Å²) >= 11 is 0. The van der Waals surface area contributed by atoms with E-state index in [0.29, 0.717) is 24.6 Å². The van der Waals surface area contributed by atoms with Crippen LogP contribution in [0.2, 0.25) is 0 Å². The fourth-order valence-corrected chi connectivity index (χ4v) is 2.78. The molecular weight excluding hydrogens is 368 g/mol. The van der Waals surface area contributed by atoms with E-state index in [4.69, 9.17) is 9.47 Å². The van der Waals surface area contributed by atoms with Crippen molar-refractivity contribution in [3.05, 3.63) is 59.7 Å².